The van der Waals surface area contributed by atoms with Crippen LogP contribution in [0.2, 0.25) is 5.02 Å². The number of hydrogen-bond acceptors (Lipinski definition) is 12. The number of nitrogens with zero attached hydrogens (tertiary/aromatic N) is 7. The Morgan fingerprint density at radius 2 is 1.60 bits per heavy atom. The van der Waals surface area contributed by atoms with Crippen molar-refractivity contribution in [1.82, 2.24) is 30.4 Å². The monoisotopic (exact) mass is 805 g/mol. The van der Waals surface area contributed by atoms with Crippen LogP contribution in [0.5, 0.6) is 5.75 Å². The Morgan fingerprint density at radius 3 is 2.28 bits per heavy atom. The van der Waals surface area contributed by atoms with Crippen molar-refractivity contribution in [3.05, 3.63) is 76.2 Å². The van der Waals surface area contributed by atoms with Gasteiger partial charge >= 0.3 is 0 Å². The molecular weight excluding hydrogens is 762 g/mol. The van der Waals surface area contributed by atoms with Crippen LogP contribution < -0.4 is 25.2 Å². The lowest BCUT2D eigenvalue weighted by Gasteiger charge is -2.39. The molecule has 2 N–H and O–H groups in total. The highest BCUT2D eigenvalue weighted by atomic mass is 35.5. The molecule has 3 saturated heterocycles. The van der Waals surface area contributed by atoms with E-state index in [1.165, 1.54) is 0 Å². The van der Waals surface area contributed by atoms with Gasteiger partial charge in [0.1, 0.15) is 29.4 Å². The van der Waals surface area contributed by atoms with Crippen molar-refractivity contribution in [3.63, 3.8) is 0 Å². The summed E-state index contributed by atoms with van der Waals surface area (Å²) in [5.74, 6) is 0.293. The normalized spacial score (nSPS) is 27.3. The maximum absolute atomic E-state index is 13.4. The predicted octanol–water partition coefficient (Wildman–Crippen LogP) is 3.56. The number of hydrogen-bond donors (Lipinski definition) is 2. The van der Waals surface area contributed by atoms with E-state index in [1.54, 1.807) is 42.7 Å². The Morgan fingerprint density at radius 1 is 0.862 bits per heavy atom. The summed E-state index contributed by atoms with van der Waals surface area (Å²) >= 11 is 6.15. The first kappa shape index (κ1) is 38.0. The Balaban J connectivity index is 0.717. The summed E-state index contributed by atoms with van der Waals surface area (Å²) in [5, 5.41) is 14.8. The second-order valence-electron chi connectivity index (χ2n) is 16.3. The Hall–Kier alpha value is -5.59. The molecule has 9 rings (SSSR count). The summed E-state index contributed by atoms with van der Waals surface area (Å²) < 4.78 is 6.08. The smallest absolute Gasteiger partial charge is 0.271 e. The Labute approximate surface area is 340 Å². The number of piperidine rings is 1. The average Bonchev–Trinajstić information content (AvgIpc) is 3.89. The molecular formula is C42H44ClN9O6. The number of nitrogens with one attached hydrogen (secondary N) is 2. The van der Waals surface area contributed by atoms with Crippen LogP contribution in [0.1, 0.15) is 88.1 Å². The summed E-state index contributed by atoms with van der Waals surface area (Å²) in [6.45, 7) is 5.28. The molecule has 3 unspecified atom stereocenters. The SMILES string of the molecule is N#Cc1ccc(OC2CCC(NC(=O)c3cnc(N4CCN(C5CC6CN(c7ccc8c(c7)C(=O)N(C7CCC(=O)NC7=O)C8=O)C[C@H]6C5)CC4)cn3)CC2)cc1Cl. The van der Waals surface area contributed by atoms with Crippen LogP contribution in [-0.4, -0.2) is 113 Å². The first-order valence-electron chi connectivity index (χ1n) is 20.2. The first-order chi connectivity index (χ1) is 28.1. The fourth-order valence-electron chi connectivity index (χ4n) is 9.79. The number of halogens is 1. The van der Waals surface area contributed by atoms with Crippen molar-refractivity contribution in [3.8, 4) is 11.8 Å². The topological polar surface area (TPSA) is 181 Å². The van der Waals surface area contributed by atoms with Gasteiger partial charge in [0.2, 0.25) is 11.8 Å². The highest BCUT2D eigenvalue weighted by Gasteiger charge is 2.46. The largest absolute Gasteiger partial charge is 0.490 e. The molecule has 0 bridgehead atoms. The van der Waals surface area contributed by atoms with E-state index in [-0.39, 0.29) is 30.9 Å². The number of aromatic nitrogens is 2. The van der Waals surface area contributed by atoms with Gasteiger partial charge < -0.3 is 19.9 Å². The molecule has 0 spiro atoms. The molecule has 2 aliphatic carbocycles. The highest BCUT2D eigenvalue weighted by molar-refractivity contribution is 6.31. The Bertz CT molecular complexity index is 2180. The van der Waals surface area contributed by atoms with Crippen molar-refractivity contribution in [2.24, 2.45) is 11.8 Å². The molecule has 1 aromatic heterocycles. The minimum absolute atomic E-state index is 0.0181. The van der Waals surface area contributed by atoms with Crippen LogP contribution >= 0.6 is 11.6 Å². The van der Waals surface area contributed by atoms with E-state index in [4.69, 9.17) is 21.6 Å². The van der Waals surface area contributed by atoms with Crippen LogP contribution in [0.4, 0.5) is 11.5 Å². The fourth-order valence-corrected chi connectivity index (χ4v) is 10.00. The third kappa shape index (κ3) is 7.35. The van der Waals surface area contributed by atoms with Gasteiger partial charge in [-0.25, -0.2) is 9.97 Å². The van der Waals surface area contributed by atoms with Crippen molar-refractivity contribution in [2.45, 2.75) is 75.6 Å². The molecule has 0 radical (unpaired) electrons. The van der Waals surface area contributed by atoms with Gasteiger partial charge in [0.05, 0.1) is 40.2 Å². The molecule has 2 aromatic carbocycles. The lowest BCUT2D eigenvalue weighted by Crippen LogP contribution is -2.54. The van der Waals surface area contributed by atoms with E-state index in [9.17, 15) is 24.0 Å². The van der Waals surface area contributed by atoms with Crippen LogP contribution in [0.3, 0.4) is 0 Å². The molecule has 2 saturated carbocycles. The van der Waals surface area contributed by atoms with Gasteiger partial charge in [-0.3, -0.25) is 39.1 Å². The summed E-state index contributed by atoms with van der Waals surface area (Å²) in [5.41, 5.74) is 2.24. The maximum Gasteiger partial charge on any atom is 0.271 e. The molecule has 5 fully saturated rings. The predicted molar refractivity (Wildman–Crippen MR) is 211 cm³/mol. The standard InChI is InChI=1S/C42H44ClN9O6/c43-34-18-31(5-1-24(34)19-44)58-30-6-2-27(3-7-30)47-39(54)35-20-46-37(21-45-35)50-13-11-49(12-14-50)29-15-25-22-51(23-26(25)16-29)28-4-8-32-33(17-28)42(57)52(41(32)56)36-9-10-38(53)48-40(36)55/h1,4-5,8,17-18,20-21,25-27,29-30,36H,2-3,6-7,9-16,22-23H2,(H,47,54)(H,48,53,55)/t25-,26?,27?,29?,30?,36?/m1/s1. The second kappa shape index (κ2) is 15.6. The van der Waals surface area contributed by atoms with Gasteiger partial charge in [-0.05, 0) is 87.1 Å². The molecule has 5 heterocycles. The fraction of sp³-hybridized carbons (Fsp3) is 0.476. The van der Waals surface area contributed by atoms with Crippen molar-refractivity contribution >= 4 is 52.6 Å². The zero-order valence-electron chi connectivity index (χ0n) is 31.9. The highest BCUT2D eigenvalue weighted by Crippen LogP contribution is 2.43. The number of anilines is 2. The molecule has 5 amide bonds. The molecule has 300 valence electrons. The molecule has 16 heteroatoms. The lowest BCUT2D eigenvalue weighted by atomic mass is 9.93. The number of nitriles is 1. The van der Waals surface area contributed by atoms with Gasteiger partial charge in [-0.2, -0.15) is 5.26 Å². The van der Waals surface area contributed by atoms with E-state index < -0.39 is 29.7 Å². The molecule has 4 aliphatic heterocycles. The van der Waals surface area contributed by atoms with Gasteiger partial charge in [0.25, 0.3) is 17.7 Å². The van der Waals surface area contributed by atoms with Crippen LogP contribution in [0.25, 0.3) is 0 Å². The number of imide groups is 2. The van der Waals surface area contributed by atoms with E-state index >= 15 is 0 Å². The van der Waals surface area contributed by atoms with Gasteiger partial charge in [-0.15, -0.1) is 0 Å². The summed E-state index contributed by atoms with van der Waals surface area (Å²) in [4.78, 5) is 80.9. The molecule has 58 heavy (non-hydrogen) atoms. The Kier molecular flexibility index (Phi) is 10.2. The summed E-state index contributed by atoms with van der Waals surface area (Å²) in [7, 11) is 0. The minimum Gasteiger partial charge on any atom is -0.490 e. The van der Waals surface area contributed by atoms with Crippen LogP contribution in [0.15, 0.2) is 48.8 Å². The van der Waals surface area contributed by atoms with Crippen molar-refractivity contribution < 1.29 is 28.7 Å². The minimum atomic E-state index is -0.973. The summed E-state index contributed by atoms with van der Waals surface area (Å²) in [6, 6.07) is 12.1. The van der Waals surface area contributed by atoms with E-state index in [1.807, 2.05) is 6.07 Å². The quantitative estimate of drug-likeness (QED) is 0.317. The van der Waals surface area contributed by atoms with Crippen molar-refractivity contribution in [1.29, 1.82) is 5.26 Å². The van der Waals surface area contributed by atoms with Gasteiger partial charge in [0, 0.05) is 69.5 Å². The van der Waals surface area contributed by atoms with Crippen LogP contribution in [0, 0.1) is 23.2 Å². The first-order valence-corrected chi connectivity index (χ1v) is 20.6. The number of amides is 5. The zero-order valence-corrected chi connectivity index (χ0v) is 32.7. The molecule has 6 aliphatic rings. The number of piperazine rings is 1. The number of benzene rings is 2. The molecule has 15 nitrogen and oxygen atoms in total. The number of rotatable bonds is 8. The number of carbonyl (C=O) groups excluding carboxylic acids is 5. The van der Waals surface area contributed by atoms with Gasteiger partial charge in [0.15, 0.2) is 0 Å². The molecule has 3 aromatic rings. The zero-order chi connectivity index (χ0) is 40.1. The second-order valence-corrected chi connectivity index (χ2v) is 16.7. The van der Waals surface area contributed by atoms with Crippen LogP contribution in [-0.2, 0) is 9.59 Å². The number of ether oxygens (including phenoxy) is 1. The average molecular weight is 806 g/mol. The van der Waals surface area contributed by atoms with Gasteiger partial charge in [-0.1, -0.05) is 11.6 Å². The molecule has 4 atom stereocenters. The number of carbonyl (C=O) groups is 5. The van der Waals surface area contributed by atoms with Crippen molar-refractivity contribution in [2.75, 3.05) is 49.1 Å². The van der Waals surface area contributed by atoms with E-state index in [2.05, 4.69) is 41.4 Å². The third-order valence-electron chi connectivity index (χ3n) is 12.9. The maximum atomic E-state index is 13.4. The lowest BCUT2D eigenvalue weighted by molar-refractivity contribution is -0.136. The summed E-state index contributed by atoms with van der Waals surface area (Å²) in [6.07, 6.45) is 8.87. The van der Waals surface area contributed by atoms with E-state index in [0.29, 0.717) is 51.0 Å². The third-order valence-corrected chi connectivity index (χ3v) is 13.2. The van der Waals surface area contributed by atoms with E-state index in [0.717, 1.165) is 94.2 Å². The number of fused-ring (bicyclic) bond motifs is 2.